The highest BCUT2D eigenvalue weighted by atomic mass is 19.1. The number of rotatable bonds is 5. The fourth-order valence-corrected chi connectivity index (χ4v) is 3.18. The second kappa shape index (κ2) is 7.10. The number of ether oxygens (including phenoxy) is 2. The van der Waals surface area contributed by atoms with E-state index in [1.54, 1.807) is 0 Å². The monoisotopic (exact) mass is 376 g/mol. The molecule has 3 heterocycles. The van der Waals surface area contributed by atoms with Gasteiger partial charge in [0.1, 0.15) is 30.3 Å². The lowest BCUT2D eigenvalue weighted by Crippen LogP contribution is -2.34. The second-order valence-electron chi connectivity index (χ2n) is 6.29. The minimum Gasteiger partial charge on any atom is -0.459 e. The van der Waals surface area contributed by atoms with Gasteiger partial charge in [0.15, 0.2) is 0 Å². The summed E-state index contributed by atoms with van der Waals surface area (Å²) in [6, 6.07) is 9.40. The van der Waals surface area contributed by atoms with Crippen LogP contribution in [0, 0.1) is 5.82 Å². The van der Waals surface area contributed by atoms with Crippen LogP contribution in [0.2, 0.25) is 0 Å². The number of fused-ring (bicyclic) bond motifs is 1. The van der Waals surface area contributed by atoms with Gasteiger partial charge >= 0.3 is 5.69 Å². The number of H-pyrrole nitrogens is 1. The Balaban J connectivity index is 1.49. The Labute approximate surface area is 151 Å². The summed E-state index contributed by atoms with van der Waals surface area (Å²) in [6.45, 7) is -0.178. The van der Waals surface area contributed by atoms with Crippen LogP contribution in [0.1, 0.15) is 18.4 Å². The Morgan fingerprint density at radius 2 is 2.15 bits per heavy atom. The fraction of sp³-hybridized carbons (Fsp3) is 0.333. The van der Waals surface area contributed by atoms with E-state index in [4.69, 9.17) is 13.9 Å². The van der Waals surface area contributed by atoms with E-state index >= 15 is 0 Å². The summed E-state index contributed by atoms with van der Waals surface area (Å²) in [6.07, 6.45) is -1.09. The van der Waals surface area contributed by atoms with E-state index in [2.05, 4.69) is 0 Å². The number of aromatic amines is 1. The average molecular weight is 376 g/mol. The lowest BCUT2D eigenvalue weighted by atomic mass is 10.2. The fourth-order valence-electron chi connectivity index (χ4n) is 3.18. The van der Waals surface area contributed by atoms with Crippen molar-refractivity contribution >= 4 is 11.0 Å². The molecule has 142 valence electrons. The zero-order chi connectivity index (χ0) is 19.0. The molecule has 0 aliphatic carbocycles. The number of nitrogens with one attached hydrogen (secondary N) is 1. The Morgan fingerprint density at radius 3 is 2.93 bits per heavy atom. The Hall–Kier alpha value is -2.75. The molecule has 27 heavy (non-hydrogen) atoms. The first-order valence-corrected chi connectivity index (χ1v) is 8.41. The van der Waals surface area contributed by atoms with Gasteiger partial charge in [-0.15, -0.1) is 0 Å². The quantitative estimate of drug-likeness (QED) is 0.695. The minimum absolute atomic E-state index is 0.154. The van der Waals surface area contributed by atoms with Crippen LogP contribution in [0.4, 0.5) is 4.39 Å². The number of furan rings is 1. The maximum Gasteiger partial charge on any atom is 0.330 e. The first-order chi connectivity index (χ1) is 13.0. The number of aliphatic hydroxyl groups excluding tert-OH is 1. The van der Waals surface area contributed by atoms with Crippen LogP contribution in [-0.4, -0.2) is 33.5 Å². The van der Waals surface area contributed by atoms with Crippen LogP contribution in [0.15, 0.2) is 50.5 Å². The van der Waals surface area contributed by atoms with Crippen LogP contribution in [0.25, 0.3) is 11.0 Å². The van der Waals surface area contributed by atoms with Crippen LogP contribution in [0.5, 0.6) is 0 Å². The van der Waals surface area contributed by atoms with Crippen molar-refractivity contribution in [3.63, 3.8) is 0 Å². The van der Waals surface area contributed by atoms with Gasteiger partial charge in [0.25, 0.3) is 5.56 Å². The highest BCUT2D eigenvalue weighted by molar-refractivity contribution is 5.77. The lowest BCUT2D eigenvalue weighted by Gasteiger charge is -2.15. The van der Waals surface area contributed by atoms with Crippen LogP contribution in [-0.2, 0) is 16.1 Å². The number of nitrogens with zero attached hydrogens (tertiary/aromatic N) is 1. The predicted octanol–water partition coefficient (Wildman–Crippen LogP) is 1.29. The zero-order valence-electron chi connectivity index (χ0n) is 14.1. The highest BCUT2D eigenvalue weighted by Gasteiger charge is 2.37. The van der Waals surface area contributed by atoms with E-state index in [0.717, 1.165) is 21.7 Å². The molecule has 1 aliphatic rings. The summed E-state index contributed by atoms with van der Waals surface area (Å²) >= 11 is 0. The van der Waals surface area contributed by atoms with E-state index in [0.29, 0.717) is 5.76 Å². The normalized spacial score (nSPS) is 22.5. The second-order valence-corrected chi connectivity index (χ2v) is 6.29. The summed E-state index contributed by atoms with van der Waals surface area (Å²) in [7, 11) is 0. The molecule has 4 rings (SSSR count). The molecule has 1 aromatic carbocycles. The van der Waals surface area contributed by atoms with E-state index < -0.39 is 35.5 Å². The minimum atomic E-state index is -1.09. The molecule has 2 N–H and O–H groups in total. The van der Waals surface area contributed by atoms with Gasteiger partial charge < -0.3 is 19.0 Å². The number of hydrogen-bond donors (Lipinski definition) is 2. The molecule has 1 saturated heterocycles. The first-order valence-electron chi connectivity index (χ1n) is 8.41. The molecule has 8 nitrogen and oxygen atoms in total. The molecular weight excluding hydrogens is 359 g/mol. The average Bonchev–Trinajstić information content (AvgIpc) is 3.26. The summed E-state index contributed by atoms with van der Waals surface area (Å²) < 4.78 is 31.5. The molecule has 0 bridgehead atoms. The van der Waals surface area contributed by atoms with Gasteiger partial charge in [0.2, 0.25) is 5.82 Å². The van der Waals surface area contributed by atoms with E-state index in [1.165, 1.54) is 0 Å². The number of aromatic nitrogens is 2. The Kier molecular flexibility index (Phi) is 4.65. The number of para-hydroxylation sites is 1. The third-order valence-electron chi connectivity index (χ3n) is 4.51. The molecule has 0 unspecified atom stereocenters. The van der Waals surface area contributed by atoms with Crippen molar-refractivity contribution in [2.75, 3.05) is 6.61 Å². The van der Waals surface area contributed by atoms with Gasteiger partial charge in [-0.1, -0.05) is 18.2 Å². The van der Waals surface area contributed by atoms with E-state index in [9.17, 15) is 19.1 Å². The molecule has 0 saturated carbocycles. The Bertz CT molecular complexity index is 1040. The van der Waals surface area contributed by atoms with Gasteiger partial charge in [0, 0.05) is 11.8 Å². The molecule has 0 spiro atoms. The molecule has 0 amide bonds. The third-order valence-corrected chi connectivity index (χ3v) is 4.51. The topological polar surface area (TPSA) is 107 Å². The van der Waals surface area contributed by atoms with Gasteiger partial charge in [-0.05, 0) is 12.1 Å². The van der Waals surface area contributed by atoms with Crippen molar-refractivity contribution in [1.82, 2.24) is 9.55 Å². The number of benzene rings is 1. The van der Waals surface area contributed by atoms with Crippen LogP contribution >= 0.6 is 0 Å². The van der Waals surface area contributed by atoms with Crippen molar-refractivity contribution in [1.29, 1.82) is 0 Å². The van der Waals surface area contributed by atoms with Crippen molar-refractivity contribution in [3.8, 4) is 0 Å². The summed E-state index contributed by atoms with van der Waals surface area (Å²) in [4.78, 5) is 25.0. The highest BCUT2D eigenvalue weighted by Crippen LogP contribution is 2.30. The molecule has 3 aromatic rings. The molecular formula is C18H17FN2O6. The van der Waals surface area contributed by atoms with Crippen molar-refractivity contribution in [2.24, 2.45) is 0 Å². The number of hydrogen-bond acceptors (Lipinski definition) is 6. The SMILES string of the molecule is O=c1[nH]c(=O)n([C@H]2C[C@H](OCc3cc4ccccc4o3)[C@@H](CO)O2)cc1F. The molecule has 3 atom stereocenters. The van der Waals surface area contributed by atoms with Crippen molar-refractivity contribution in [2.45, 2.75) is 31.5 Å². The van der Waals surface area contributed by atoms with Gasteiger partial charge in [0.05, 0.1) is 18.9 Å². The predicted molar refractivity (Wildman–Crippen MR) is 91.7 cm³/mol. The van der Waals surface area contributed by atoms with Gasteiger partial charge in [-0.25, -0.2) is 4.79 Å². The molecule has 1 aliphatic heterocycles. The van der Waals surface area contributed by atoms with Crippen LogP contribution < -0.4 is 11.2 Å². The smallest absolute Gasteiger partial charge is 0.330 e. The first kappa shape index (κ1) is 17.7. The van der Waals surface area contributed by atoms with E-state index in [-0.39, 0.29) is 19.6 Å². The largest absolute Gasteiger partial charge is 0.459 e. The van der Waals surface area contributed by atoms with Crippen molar-refractivity contribution in [3.05, 3.63) is 68.9 Å². The molecule has 1 fully saturated rings. The number of halogens is 1. The lowest BCUT2D eigenvalue weighted by molar-refractivity contribution is -0.0678. The summed E-state index contributed by atoms with van der Waals surface area (Å²) in [5.74, 6) is -0.478. The van der Waals surface area contributed by atoms with Crippen molar-refractivity contribution < 1.29 is 23.4 Å². The molecule has 9 heteroatoms. The standard InChI is InChI=1S/C18H17FN2O6/c19-12-7-21(18(24)20-17(12)23)16-6-14(15(8-22)27-16)25-9-11-5-10-3-1-2-4-13(10)26-11/h1-5,7,14-16,22H,6,8-9H2,(H,20,23,24)/t14-,15+,16+/m0/s1. The van der Waals surface area contributed by atoms with Gasteiger partial charge in [-0.2, -0.15) is 4.39 Å². The maximum absolute atomic E-state index is 13.5. The maximum atomic E-state index is 13.5. The number of aliphatic hydroxyl groups is 1. The zero-order valence-corrected chi connectivity index (χ0v) is 14.1. The summed E-state index contributed by atoms with van der Waals surface area (Å²) in [5, 5.41) is 10.5. The van der Waals surface area contributed by atoms with Crippen LogP contribution in [0.3, 0.4) is 0 Å². The van der Waals surface area contributed by atoms with E-state index in [1.807, 2.05) is 35.3 Å². The van der Waals surface area contributed by atoms with Gasteiger partial charge in [-0.3, -0.25) is 14.3 Å². The molecule has 0 radical (unpaired) electrons. The summed E-state index contributed by atoms with van der Waals surface area (Å²) in [5.41, 5.74) is -1.14. The molecule has 2 aromatic heterocycles. The Morgan fingerprint density at radius 1 is 1.33 bits per heavy atom. The third kappa shape index (κ3) is 3.44.